The lowest BCUT2D eigenvalue weighted by Crippen LogP contribution is -2.09. The minimum absolute atomic E-state index is 0.0363. The molecule has 0 bridgehead atoms. The van der Waals surface area contributed by atoms with Crippen LogP contribution in [0.15, 0.2) is 22.7 Å². The Hall–Kier alpha value is -2.12. The van der Waals surface area contributed by atoms with E-state index in [2.05, 4.69) is 10.1 Å². The van der Waals surface area contributed by atoms with Crippen LogP contribution in [0.2, 0.25) is 0 Å². The van der Waals surface area contributed by atoms with Crippen molar-refractivity contribution in [2.45, 2.75) is 19.0 Å². The topological polar surface area (TPSA) is 64.9 Å². The molecule has 2 aromatic rings. The van der Waals surface area contributed by atoms with E-state index in [1.165, 1.54) is 12.1 Å². The van der Waals surface area contributed by atoms with Crippen molar-refractivity contribution in [3.8, 4) is 11.5 Å². The molecule has 4 nitrogen and oxygen atoms in total. The van der Waals surface area contributed by atoms with Gasteiger partial charge in [0, 0.05) is 12.1 Å². The van der Waals surface area contributed by atoms with Gasteiger partial charge in [-0.3, -0.25) is 0 Å². The lowest BCUT2D eigenvalue weighted by molar-refractivity contribution is -0.134. The van der Waals surface area contributed by atoms with E-state index < -0.39 is 24.8 Å². The molecule has 1 heterocycles. The van der Waals surface area contributed by atoms with Crippen LogP contribution in [-0.2, 0) is 6.42 Å². The molecule has 0 amide bonds. The first-order chi connectivity index (χ1) is 8.85. The number of rotatable bonds is 3. The smallest absolute Gasteiger partial charge is 0.389 e. The van der Waals surface area contributed by atoms with Gasteiger partial charge >= 0.3 is 6.18 Å². The van der Waals surface area contributed by atoms with Crippen molar-refractivity contribution >= 4 is 5.69 Å². The normalized spacial score (nSPS) is 11.8. The first-order valence-corrected chi connectivity index (χ1v) is 5.30. The van der Waals surface area contributed by atoms with Gasteiger partial charge in [0.2, 0.25) is 0 Å². The number of nitrogens with two attached hydrogens (primary N) is 1. The third kappa shape index (κ3) is 3.43. The molecule has 1 aromatic carbocycles. The Balaban J connectivity index is 2.19. The average molecular weight is 275 g/mol. The Kier molecular flexibility index (Phi) is 3.41. The zero-order chi connectivity index (χ0) is 14.0. The number of nitrogen functional groups attached to an aromatic ring is 1. The fourth-order valence-electron chi connectivity index (χ4n) is 1.43. The highest BCUT2D eigenvalue weighted by Gasteiger charge is 2.27. The summed E-state index contributed by atoms with van der Waals surface area (Å²) in [6.07, 6.45) is -5.79. The second-order valence-electron chi connectivity index (χ2n) is 3.87. The van der Waals surface area contributed by atoms with Crippen LogP contribution in [0.5, 0.6) is 0 Å². The van der Waals surface area contributed by atoms with E-state index >= 15 is 0 Å². The molecule has 2 rings (SSSR count). The van der Waals surface area contributed by atoms with Crippen LogP contribution in [0.4, 0.5) is 23.2 Å². The third-order valence-electron chi connectivity index (χ3n) is 2.32. The molecular formula is C11H9F4N3O. The Morgan fingerprint density at radius 1 is 1.26 bits per heavy atom. The number of halogens is 4. The van der Waals surface area contributed by atoms with Crippen molar-refractivity contribution in [2.24, 2.45) is 0 Å². The summed E-state index contributed by atoms with van der Waals surface area (Å²) in [4.78, 5) is 3.71. The Labute approximate surface area is 105 Å². The maximum atomic E-state index is 13.5. The summed E-state index contributed by atoms with van der Waals surface area (Å²) in [5, 5.41) is 3.37. The summed E-state index contributed by atoms with van der Waals surface area (Å²) in [6, 6.07) is 3.74. The van der Waals surface area contributed by atoms with Gasteiger partial charge in [0.25, 0.3) is 5.89 Å². The SMILES string of the molecule is Nc1ccc(F)c(-c2nc(CCC(F)(F)F)no2)c1. The lowest BCUT2D eigenvalue weighted by Gasteiger charge is -2.01. The van der Waals surface area contributed by atoms with Crippen LogP contribution in [0.3, 0.4) is 0 Å². The molecule has 1 aromatic heterocycles. The molecule has 0 radical (unpaired) electrons. The van der Waals surface area contributed by atoms with Gasteiger partial charge in [-0.25, -0.2) is 4.39 Å². The first kappa shape index (κ1) is 13.3. The van der Waals surface area contributed by atoms with Crippen molar-refractivity contribution in [1.82, 2.24) is 10.1 Å². The van der Waals surface area contributed by atoms with E-state index in [0.717, 1.165) is 6.07 Å². The van der Waals surface area contributed by atoms with E-state index in [1.54, 1.807) is 0 Å². The maximum Gasteiger partial charge on any atom is 0.389 e. The van der Waals surface area contributed by atoms with Crippen LogP contribution in [0.1, 0.15) is 12.2 Å². The molecule has 2 N–H and O–H groups in total. The van der Waals surface area contributed by atoms with Gasteiger partial charge in [0.15, 0.2) is 5.82 Å². The predicted molar refractivity (Wildman–Crippen MR) is 58.5 cm³/mol. The van der Waals surface area contributed by atoms with Crippen LogP contribution in [0, 0.1) is 5.82 Å². The molecule has 0 fully saturated rings. The number of aromatic nitrogens is 2. The van der Waals surface area contributed by atoms with Crippen LogP contribution in [-0.4, -0.2) is 16.3 Å². The largest absolute Gasteiger partial charge is 0.399 e. The molecule has 8 heteroatoms. The maximum absolute atomic E-state index is 13.5. The average Bonchev–Trinajstić information content (AvgIpc) is 2.77. The van der Waals surface area contributed by atoms with E-state index in [-0.39, 0.29) is 23.0 Å². The molecule has 0 atom stereocenters. The Morgan fingerprint density at radius 3 is 2.68 bits per heavy atom. The molecule has 0 aliphatic carbocycles. The molecule has 0 saturated carbocycles. The molecule has 0 unspecified atom stereocenters. The summed E-state index contributed by atoms with van der Waals surface area (Å²) < 4.78 is 54.3. The summed E-state index contributed by atoms with van der Waals surface area (Å²) in [7, 11) is 0. The van der Waals surface area contributed by atoms with Crippen molar-refractivity contribution in [2.75, 3.05) is 5.73 Å². The van der Waals surface area contributed by atoms with Crippen molar-refractivity contribution in [1.29, 1.82) is 0 Å². The number of benzene rings is 1. The fraction of sp³-hybridized carbons (Fsp3) is 0.273. The second kappa shape index (κ2) is 4.87. The number of nitrogens with zero attached hydrogens (tertiary/aromatic N) is 2. The summed E-state index contributed by atoms with van der Waals surface area (Å²) in [6.45, 7) is 0. The van der Waals surface area contributed by atoms with Gasteiger partial charge in [-0.15, -0.1) is 0 Å². The number of anilines is 1. The van der Waals surface area contributed by atoms with Gasteiger partial charge in [-0.2, -0.15) is 18.2 Å². The first-order valence-electron chi connectivity index (χ1n) is 5.30. The van der Waals surface area contributed by atoms with Crippen molar-refractivity contribution in [3.05, 3.63) is 29.8 Å². The number of hydrogen-bond donors (Lipinski definition) is 1. The lowest BCUT2D eigenvalue weighted by atomic mass is 10.2. The molecule has 102 valence electrons. The predicted octanol–water partition coefficient (Wildman–Crippen LogP) is 2.95. The summed E-state index contributed by atoms with van der Waals surface area (Å²) in [5.74, 6) is -0.962. The minimum atomic E-state index is -4.30. The Bertz CT molecular complexity index is 580. The second-order valence-corrected chi connectivity index (χ2v) is 3.87. The summed E-state index contributed by atoms with van der Waals surface area (Å²) >= 11 is 0. The highest BCUT2D eigenvalue weighted by Crippen LogP contribution is 2.25. The summed E-state index contributed by atoms with van der Waals surface area (Å²) in [5.41, 5.74) is 5.73. The van der Waals surface area contributed by atoms with E-state index in [0.29, 0.717) is 0 Å². The van der Waals surface area contributed by atoms with E-state index in [1.807, 2.05) is 0 Å². The number of hydrogen-bond acceptors (Lipinski definition) is 4. The standard InChI is InChI=1S/C11H9F4N3O/c12-8-2-1-6(16)5-7(8)10-17-9(18-19-10)3-4-11(13,14)15/h1-2,5H,3-4,16H2. The number of alkyl halides is 3. The van der Waals surface area contributed by atoms with Crippen molar-refractivity contribution in [3.63, 3.8) is 0 Å². The van der Waals surface area contributed by atoms with Crippen LogP contribution >= 0.6 is 0 Å². The molecule has 0 saturated heterocycles. The van der Waals surface area contributed by atoms with Gasteiger partial charge in [0.05, 0.1) is 12.0 Å². The zero-order valence-corrected chi connectivity index (χ0v) is 9.54. The van der Waals surface area contributed by atoms with Gasteiger partial charge < -0.3 is 10.3 Å². The highest BCUT2D eigenvalue weighted by molar-refractivity contribution is 5.60. The Morgan fingerprint density at radius 2 is 2.00 bits per heavy atom. The zero-order valence-electron chi connectivity index (χ0n) is 9.54. The van der Waals surface area contributed by atoms with E-state index in [4.69, 9.17) is 10.3 Å². The van der Waals surface area contributed by atoms with Crippen molar-refractivity contribution < 1.29 is 22.1 Å². The van der Waals surface area contributed by atoms with Gasteiger partial charge in [-0.05, 0) is 18.2 Å². The van der Waals surface area contributed by atoms with Crippen LogP contribution in [0.25, 0.3) is 11.5 Å². The monoisotopic (exact) mass is 275 g/mol. The quantitative estimate of drug-likeness (QED) is 0.691. The molecular weight excluding hydrogens is 266 g/mol. The molecule has 0 aliphatic heterocycles. The molecule has 19 heavy (non-hydrogen) atoms. The van der Waals surface area contributed by atoms with E-state index in [9.17, 15) is 17.6 Å². The molecule has 0 aliphatic rings. The highest BCUT2D eigenvalue weighted by atomic mass is 19.4. The third-order valence-corrected chi connectivity index (χ3v) is 2.32. The minimum Gasteiger partial charge on any atom is -0.399 e. The van der Waals surface area contributed by atoms with Gasteiger partial charge in [0.1, 0.15) is 5.82 Å². The fourth-order valence-corrected chi connectivity index (χ4v) is 1.43. The number of aryl methyl sites for hydroxylation is 1. The van der Waals surface area contributed by atoms with Gasteiger partial charge in [-0.1, -0.05) is 5.16 Å². The van der Waals surface area contributed by atoms with Crippen LogP contribution < -0.4 is 5.73 Å². The molecule has 0 spiro atoms.